The summed E-state index contributed by atoms with van der Waals surface area (Å²) < 4.78 is 62.1. The third kappa shape index (κ3) is 8.35. The van der Waals surface area contributed by atoms with Gasteiger partial charge in [-0.15, -0.1) is 4.52 Å². The Morgan fingerprint density at radius 2 is 1.97 bits per heavy atom. The second-order valence-electron chi connectivity index (χ2n) is 6.93. The Balaban J connectivity index is 2.08. The number of aliphatic hydroxyl groups excluding tert-OH is 1. The predicted molar refractivity (Wildman–Crippen MR) is 117 cm³/mol. The van der Waals surface area contributed by atoms with Crippen molar-refractivity contribution in [2.45, 2.75) is 24.6 Å². The molecule has 2 aromatic carbocycles. The first kappa shape index (κ1) is 25.5. The molecule has 0 saturated heterocycles. The first-order chi connectivity index (χ1) is 14.7. The molecule has 2 atom stereocenters. The normalized spacial score (nSPS) is 14.1. The van der Waals surface area contributed by atoms with E-state index in [-0.39, 0.29) is 24.5 Å². The Kier molecular flexibility index (Phi) is 9.65. The van der Waals surface area contributed by atoms with Gasteiger partial charge < -0.3 is 15.6 Å². The molecule has 168 valence electrons. The number of halogens is 4. The summed E-state index contributed by atoms with van der Waals surface area (Å²) >= 11 is 3.38. The zero-order chi connectivity index (χ0) is 22.9. The molecule has 0 bridgehead atoms. The largest absolute Gasteiger partial charge is 0.494 e. The molecule has 0 saturated carbocycles. The fourth-order valence-electron chi connectivity index (χ4n) is 2.72. The van der Waals surface area contributed by atoms with Crippen LogP contribution in [-0.2, 0) is 21.7 Å². The van der Waals surface area contributed by atoms with E-state index in [0.29, 0.717) is 12.8 Å². The summed E-state index contributed by atoms with van der Waals surface area (Å²) in [5.74, 6) is -0.254. The Hall–Kier alpha value is -1.77. The van der Waals surface area contributed by atoms with Crippen molar-refractivity contribution in [2.24, 2.45) is 5.73 Å². The minimum absolute atomic E-state index is 0.133. The molecule has 5 nitrogen and oxygen atoms in total. The molecule has 0 aromatic heterocycles. The lowest BCUT2D eigenvalue weighted by atomic mass is 10.0. The van der Waals surface area contributed by atoms with Crippen LogP contribution in [0, 0.1) is 0 Å². The molecule has 0 radical (unpaired) electrons. The van der Waals surface area contributed by atoms with Gasteiger partial charge in [0, 0.05) is 4.47 Å². The smallest absolute Gasteiger partial charge is 0.493 e. The van der Waals surface area contributed by atoms with E-state index in [0.717, 1.165) is 16.1 Å². The van der Waals surface area contributed by atoms with E-state index in [1.807, 2.05) is 24.3 Å². The van der Waals surface area contributed by atoms with E-state index in [2.05, 4.69) is 15.9 Å². The summed E-state index contributed by atoms with van der Waals surface area (Å²) in [5.41, 5.74) is 4.90. The van der Waals surface area contributed by atoms with Crippen LogP contribution in [0.1, 0.15) is 23.1 Å². The fourth-order valence-corrected chi connectivity index (χ4v) is 3.50. The van der Waals surface area contributed by atoms with E-state index >= 15 is 0 Å². The van der Waals surface area contributed by atoms with Crippen molar-refractivity contribution >= 4 is 30.7 Å². The van der Waals surface area contributed by atoms with Gasteiger partial charge in [0.05, 0.1) is 24.3 Å². The van der Waals surface area contributed by atoms with Crippen molar-refractivity contribution in [3.8, 4) is 5.75 Å². The average Bonchev–Trinajstić information content (AvgIpc) is 2.73. The number of hydrogen-bond acceptors (Lipinski definition) is 5. The van der Waals surface area contributed by atoms with Gasteiger partial charge in [-0.2, -0.15) is 13.2 Å². The van der Waals surface area contributed by atoms with Crippen LogP contribution in [0.4, 0.5) is 13.2 Å². The van der Waals surface area contributed by atoms with Crippen molar-refractivity contribution in [3.05, 3.63) is 69.7 Å². The summed E-state index contributed by atoms with van der Waals surface area (Å²) in [7, 11) is -1.06. The molecular weight excluding hydrogens is 498 g/mol. The maximum absolute atomic E-state index is 13.5. The molecular formula is C21H23BrF3NO4P+. The number of ether oxygens (including phenoxy) is 1. The zero-order valence-electron chi connectivity index (χ0n) is 16.5. The maximum atomic E-state index is 13.5. The molecule has 10 heteroatoms. The van der Waals surface area contributed by atoms with Gasteiger partial charge in [-0.3, -0.25) is 0 Å². The van der Waals surface area contributed by atoms with E-state index in [9.17, 15) is 22.8 Å². The number of aryl methyl sites for hydroxylation is 1. The molecule has 2 aromatic rings. The lowest BCUT2D eigenvalue weighted by Gasteiger charge is -2.19. The minimum Gasteiger partial charge on any atom is -0.493 e. The molecule has 2 rings (SSSR count). The van der Waals surface area contributed by atoms with Gasteiger partial charge in [-0.1, -0.05) is 46.3 Å². The van der Waals surface area contributed by atoms with Crippen LogP contribution in [-0.4, -0.2) is 30.5 Å². The van der Waals surface area contributed by atoms with Crippen LogP contribution in [0.5, 0.6) is 5.75 Å². The van der Waals surface area contributed by atoms with Gasteiger partial charge >= 0.3 is 14.9 Å². The molecule has 0 amide bonds. The fraction of sp³-hybridized carbons (Fsp3) is 0.333. The lowest BCUT2D eigenvalue weighted by Crippen LogP contribution is -2.45. The molecule has 0 aliphatic rings. The second-order valence-corrected chi connectivity index (χ2v) is 8.30. The Morgan fingerprint density at radius 1 is 1.19 bits per heavy atom. The van der Waals surface area contributed by atoms with Crippen LogP contribution < -0.4 is 10.5 Å². The molecule has 0 aliphatic carbocycles. The first-order valence-electron chi connectivity index (χ1n) is 9.33. The van der Waals surface area contributed by atoms with Gasteiger partial charge in [0.25, 0.3) is 0 Å². The minimum atomic E-state index is -4.60. The van der Waals surface area contributed by atoms with E-state index < -0.39 is 32.6 Å². The van der Waals surface area contributed by atoms with E-state index in [1.165, 1.54) is 24.3 Å². The monoisotopic (exact) mass is 520 g/mol. The average molecular weight is 521 g/mol. The van der Waals surface area contributed by atoms with Crippen LogP contribution >= 0.6 is 24.6 Å². The Labute approximate surface area is 188 Å². The number of alkyl halides is 3. The highest BCUT2D eigenvalue weighted by molar-refractivity contribution is 9.10. The summed E-state index contributed by atoms with van der Waals surface area (Å²) in [4.78, 5) is 0. The number of aliphatic hydroxyl groups is 1. The quantitative estimate of drug-likeness (QED) is 0.316. The summed E-state index contributed by atoms with van der Waals surface area (Å²) in [6.45, 7) is -0.638. The van der Waals surface area contributed by atoms with E-state index in [1.54, 1.807) is 0 Å². The molecule has 0 fully saturated rings. The van der Waals surface area contributed by atoms with Crippen LogP contribution in [0.3, 0.4) is 0 Å². The third-order valence-electron chi connectivity index (χ3n) is 4.37. The van der Waals surface area contributed by atoms with Crippen LogP contribution in [0.25, 0.3) is 6.08 Å². The molecule has 31 heavy (non-hydrogen) atoms. The highest BCUT2D eigenvalue weighted by Gasteiger charge is 2.34. The molecule has 2 unspecified atom stereocenters. The standard InChI is InChI=1S/C21H23BrF3NO4P/c22-17-5-1-3-15(11-17)4-2-10-29-19-7-6-16(12-18(19)21(23,24)25)8-9-20(26,13-27)14-30-31-28/h1,3,5-9,11-12,27,31H,2,4,10,13-14,26H2/q+1. The maximum Gasteiger partial charge on any atom is 0.494 e. The third-order valence-corrected chi connectivity index (χ3v) is 5.12. The van der Waals surface area contributed by atoms with E-state index in [4.69, 9.17) is 15.0 Å². The van der Waals surface area contributed by atoms with Crippen molar-refractivity contribution in [1.29, 1.82) is 0 Å². The van der Waals surface area contributed by atoms with Crippen LogP contribution in [0.15, 0.2) is 53.0 Å². The second kappa shape index (κ2) is 11.7. The summed E-state index contributed by atoms with van der Waals surface area (Å²) in [6, 6.07) is 11.4. The Morgan fingerprint density at radius 3 is 2.61 bits per heavy atom. The molecule has 3 N–H and O–H groups in total. The van der Waals surface area contributed by atoms with Gasteiger partial charge in [0.15, 0.2) is 0 Å². The van der Waals surface area contributed by atoms with Crippen molar-refractivity contribution < 1.29 is 32.1 Å². The summed E-state index contributed by atoms with van der Waals surface area (Å²) in [5, 5.41) is 9.38. The number of rotatable bonds is 11. The van der Waals surface area contributed by atoms with Crippen molar-refractivity contribution in [1.82, 2.24) is 0 Å². The van der Waals surface area contributed by atoms with Crippen molar-refractivity contribution in [3.63, 3.8) is 0 Å². The van der Waals surface area contributed by atoms with Gasteiger partial charge in [-0.25, -0.2) is 0 Å². The van der Waals surface area contributed by atoms with Crippen molar-refractivity contribution in [2.75, 3.05) is 19.8 Å². The summed E-state index contributed by atoms with van der Waals surface area (Å²) in [6.07, 6.45) is -0.705. The first-order valence-corrected chi connectivity index (χ1v) is 10.9. The molecule has 0 aliphatic heterocycles. The zero-order valence-corrected chi connectivity index (χ0v) is 19.1. The van der Waals surface area contributed by atoms with Gasteiger partial charge in [0.2, 0.25) is 0 Å². The highest BCUT2D eigenvalue weighted by atomic mass is 79.9. The highest BCUT2D eigenvalue weighted by Crippen LogP contribution is 2.37. The molecule has 0 heterocycles. The van der Waals surface area contributed by atoms with Crippen LogP contribution in [0.2, 0.25) is 0 Å². The van der Waals surface area contributed by atoms with Gasteiger partial charge in [-0.05, 0) is 52.8 Å². The Bertz CT molecular complexity index is 910. The predicted octanol–water partition coefficient (Wildman–Crippen LogP) is 5.14. The van der Waals surface area contributed by atoms with Gasteiger partial charge in [0.1, 0.15) is 12.4 Å². The SMILES string of the molecule is NC(C=Cc1ccc(OCCCc2cccc(Br)c2)c(C(F)(F)F)c1)(CO)CO[PH+]=O. The number of hydrogen-bond donors (Lipinski definition) is 2. The number of benzene rings is 2. The molecule has 0 spiro atoms. The topological polar surface area (TPSA) is 81.8 Å². The lowest BCUT2D eigenvalue weighted by molar-refractivity contribution is -0.139. The number of nitrogens with two attached hydrogens (primary N) is 1.